The van der Waals surface area contributed by atoms with Crippen molar-refractivity contribution in [1.82, 2.24) is 15.0 Å². The molecule has 0 amide bonds. The minimum Gasteiger partial charge on any atom is -0.264 e. The summed E-state index contributed by atoms with van der Waals surface area (Å²) in [6, 6.07) is 11.9. The van der Waals surface area contributed by atoms with Gasteiger partial charge in [-0.05, 0) is 24.3 Å². The molecule has 0 aliphatic rings. The Hall–Kier alpha value is -1.91. The Kier molecular flexibility index (Phi) is 4.49. The first kappa shape index (κ1) is 13.5. The van der Waals surface area contributed by atoms with Crippen molar-refractivity contribution in [1.29, 1.82) is 0 Å². The Morgan fingerprint density at radius 3 is 1.95 bits per heavy atom. The van der Waals surface area contributed by atoms with E-state index in [9.17, 15) is 0 Å². The van der Waals surface area contributed by atoms with Gasteiger partial charge in [0.2, 0.25) is 0 Å². The number of hydrogen-bond acceptors (Lipinski definition) is 3. The molecule has 3 heterocycles. The van der Waals surface area contributed by atoms with Crippen LogP contribution in [-0.2, 0) is 19.8 Å². The summed E-state index contributed by atoms with van der Waals surface area (Å²) in [5.74, 6) is 0. The SMILES string of the molecule is [Os].c1cncc(-c2cccnc2-c2cccnc2)c1. The van der Waals surface area contributed by atoms with Crippen molar-refractivity contribution in [2.75, 3.05) is 0 Å². The van der Waals surface area contributed by atoms with Gasteiger partial charge in [-0.15, -0.1) is 0 Å². The van der Waals surface area contributed by atoms with Crippen LogP contribution in [0, 0.1) is 0 Å². The van der Waals surface area contributed by atoms with Gasteiger partial charge in [-0.1, -0.05) is 12.1 Å². The summed E-state index contributed by atoms with van der Waals surface area (Å²) in [4.78, 5) is 12.8. The Morgan fingerprint density at radius 2 is 1.32 bits per heavy atom. The van der Waals surface area contributed by atoms with Crippen LogP contribution in [0.1, 0.15) is 0 Å². The van der Waals surface area contributed by atoms with Crippen molar-refractivity contribution >= 4 is 0 Å². The topological polar surface area (TPSA) is 38.7 Å². The second-order valence-corrected chi connectivity index (χ2v) is 3.88. The van der Waals surface area contributed by atoms with E-state index in [-0.39, 0.29) is 19.8 Å². The molecule has 3 nitrogen and oxygen atoms in total. The normalized spacial score (nSPS) is 9.68. The summed E-state index contributed by atoms with van der Waals surface area (Å²) < 4.78 is 0. The first-order chi connectivity index (χ1) is 8.95. The third-order valence-corrected chi connectivity index (χ3v) is 2.72. The van der Waals surface area contributed by atoms with E-state index in [2.05, 4.69) is 15.0 Å². The van der Waals surface area contributed by atoms with Gasteiger partial charge in [0.05, 0.1) is 5.69 Å². The molecule has 0 spiro atoms. The van der Waals surface area contributed by atoms with E-state index in [4.69, 9.17) is 0 Å². The van der Waals surface area contributed by atoms with Gasteiger partial charge in [-0.3, -0.25) is 15.0 Å². The summed E-state index contributed by atoms with van der Waals surface area (Å²) in [7, 11) is 0. The Morgan fingerprint density at radius 1 is 0.684 bits per heavy atom. The molecule has 0 N–H and O–H groups in total. The van der Waals surface area contributed by atoms with Crippen LogP contribution in [0.5, 0.6) is 0 Å². The molecule has 19 heavy (non-hydrogen) atoms. The van der Waals surface area contributed by atoms with Crippen molar-refractivity contribution < 1.29 is 19.8 Å². The molecule has 0 unspecified atom stereocenters. The van der Waals surface area contributed by atoms with Crippen molar-refractivity contribution in [3.63, 3.8) is 0 Å². The minimum absolute atomic E-state index is 0. The fraction of sp³-hybridized carbons (Fsp3) is 0. The molecule has 0 aliphatic carbocycles. The number of nitrogens with zero attached hydrogens (tertiary/aromatic N) is 3. The van der Waals surface area contributed by atoms with E-state index in [0.717, 1.165) is 22.4 Å². The average Bonchev–Trinajstić information content (AvgIpc) is 2.49. The molecule has 3 aromatic heterocycles. The standard InChI is InChI=1S/C15H11N3.Os/c1-4-12(10-16-7-1)14-6-3-9-18-15(14)13-5-2-8-17-11-13;/h1-11H;. The van der Waals surface area contributed by atoms with Crippen LogP contribution in [-0.4, -0.2) is 15.0 Å². The zero-order valence-corrected chi connectivity index (χ0v) is 12.6. The predicted molar refractivity (Wildman–Crippen MR) is 70.7 cm³/mol. The number of rotatable bonds is 2. The van der Waals surface area contributed by atoms with Gasteiger partial charge in [-0.2, -0.15) is 0 Å². The summed E-state index contributed by atoms with van der Waals surface area (Å²) >= 11 is 0. The van der Waals surface area contributed by atoms with Gasteiger partial charge in [-0.25, -0.2) is 0 Å². The van der Waals surface area contributed by atoms with E-state index in [1.807, 2.05) is 48.8 Å². The molecule has 0 radical (unpaired) electrons. The van der Waals surface area contributed by atoms with Crippen LogP contribution in [0.2, 0.25) is 0 Å². The second kappa shape index (κ2) is 6.31. The largest absolute Gasteiger partial charge is 0.264 e. The van der Waals surface area contributed by atoms with Crippen molar-refractivity contribution in [2.45, 2.75) is 0 Å². The van der Waals surface area contributed by atoms with Crippen molar-refractivity contribution in [3.05, 3.63) is 67.4 Å². The number of pyridine rings is 3. The second-order valence-electron chi connectivity index (χ2n) is 3.88. The van der Waals surface area contributed by atoms with Gasteiger partial charge in [0.15, 0.2) is 0 Å². The molecule has 0 fully saturated rings. The van der Waals surface area contributed by atoms with Crippen molar-refractivity contribution in [2.24, 2.45) is 0 Å². The minimum atomic E-state index is 0. The van der Waals surface area contributed by atoms with E-state index >= 15 is 0 Å². The molecule has 0 saturated heterocycles. The molecule has 0 saturated carbocycles. The fourth-order valence-electron chi connectivity index (χ4n) is 1.89. The molecule has 0 aromatic carbocycles. The first-order valence-electron chi connectivity index (χ1n) is 5.71. The zero-order chi connectivity index (χ0) is 12.2. The fourth-order valence-corrected chi connectivity index (χ4v) is 1.89. The van der Waals surface area contributed by atoms with E-state index in [1.165, 1.54) is 0 Å². The molecular weight excluding hydrogens is 412 g/mol. The van der Waals surface area contributed by atoms with E-state index in [1.54, 1.807) is 18.6 Å². The average molecular weight is 424 g/mol. The van der Waals surface area contributed by atoms with Crippen LogP contribution in [0.25, 0.3) is 22.4 Å². The number of hydrogen-bond donors (Lipinski definition) is 0. The molecule has 0 bridgehead atoms. The molecule has 3 aromatic rings. The predicted octanol–water partition coefficient (Wildman–Crippen LogP) is 3.20. The maximum atomic E-state index is 4.46. The molecule has 0 atom stereocenters. The van der Waals surface area contributed by atoms with Gasteiger partial charge >= 0.3 is 0 Å². The van der Waals surface area contributed by atoms with Crippen LogP contribution in [0.3, 0.4) is 0 Å². The molecule has 4 heteroatoms. The van der Waals surface area contributed by atoms with Crippen molar-refractivity contribution in [3.8, 4) is 22.4 Å². The zero-order valence-electron chi connectivity index (χ0n) is 10.0. The van der Waals surface area contributed by atoms with Gasteiger partial charge in [0, 0.05) is 67.5 Å². The molecule has 3 rings (SSSR count). The van der Waals surface area contributed by atoms with Crippen LogP contribution < -0.4 is 0 Å². The van der Waals surface area contributed by atoms with E-state index < -0.39 is 0 Å². The van der Waals surface area contributed by atoms with E-state index in [0.29, 0.717) is 0 Å². The summed E-state index contributed by atoms with van der Waals surface area (Å²) in [5.41, 5.74) is 4.07. The van der Waals surface area contributed by atoms with Gasteiger partial charge in [0.25, 0.3) is 0 Å². The Balaban J connectivity index is 0.00000133. The van der Waals surface area contributed by atoms with Crippen LogP contribution in [0.4, 0.5) is 0 Å². The van der Waals surface area contributed by atoms with Gasteiger partial charge in [0.1, 0.15) is 0 Å². The third kappa shape index (κ3) is 2.92. The quantitative estimate of drug-likeness (QED) is 0.636. The maximum absolute atomic E-state index is 4.46. The summed E-state index contributed by atoms with van der Waals surface area (Å²) in [6.45, 7) is 0. The van der Waals surface area contributed by atoms with Crippen LogP contribution in [0.15, 0.2) is 67.4 Å². The maximum Gasteiger partial charge on any atom is 0.0796 e. The Bertz CT molecular complexity index is 583. The summed E-state index contributed by atoms with van der Waals surface area (Å²) in [6.07, 6.45) is 8.99. The molecule has 94 valence electrons. The first-order valence-corrected chi connectivity index (χ1v) is 5.71. The smallest absolute Gasteiger partial charge is 0.0796 e. The van der Waals surface area contributed by atoms with Gasteiger partial charge < -0.3 is 0 Å². The Labute approximate surface area is 124 Å². The number of aromatic nitrogens is 3. The summed E-state index contributed by atoms with van der Waals surface area (Å²) in [5, 5.41) is 0. The molecular formula is C15H11N3Os. The molecule has 0 aliphatic heterocycles. The third-order valence-electron chi connectivity index (χ3n) is 2.72. The van der Waals surface area contributed by atoms with Crippen LogP contribution >= 0.6 is 0 Å². The monoisotopic (exact) mass is 425 g/mol.